The molecule has 0 spiro atoms. The van der Waals surface area contributed by atoms with Gasteiger partial charge in [-0.2, -0.15) is 10.2 Å². The van der Waals surface area contributed by atoms with Crippen LogP contribution in [-0.2, 0) is 19.1 Å². The molecule has 1 saturated heterocycles. The van der Waals surface area contributed by atoms with Gasteiger partial charge in [0.1, 0.15) is 0 Å². The number of aromatic nitrogens is 4. The standard InChI is InChI=1S/C24H22N6O6/c31-19(13-35-23(33)21-15-5-1-3-7-17(15)25-27-21)29-9-11-30(12-10-29)20(32)14-36-24(34)22-16-6-2-4-8-18(16)26-28-22/h1-8H,9-14H2,(H,25,27)(H,26,28). The molecule has 0 aliphatic carbocycles. The Morgan fingerprint density at radius 1 is 0.667 bits per heavy atom. The number of esters is 2. The van der Waals surface area contributed by atoms with Crippen LogP contribution in [0.5, 0.6) is 0 Å². The quantitative estimate of drug-likeness (QED) is 0.382. The topological polar surface area (TPSA) is 151 Å². The van der Waals surface area contributed by atoms with E-state index < -0.39 is 25.2 Å². The average Bonchev–Trinajstić information content (AvgIpc) is 3.55. The normalized spacial score (nSPS) is 13.7. The summed E-state index contributed by atoms with van der Waals surface area (Å²) in [4.78, 5) is 52.8. The molecule has 5 rings (SSSR count). The lowest BCUT2D eigenvalue weighted by Crippen LogP contribution is -2.52. The lowest BCUT2D eigenvalue weighted by atomic mass is 10.2. The minimum Gasteiger partial charge on any atom is -0.451 e. The van der Waals surface area contributed by atoms with Crippen LogP contribution in [-0.4, -0.2) is 93.3 Å². The number of nitrogens with zero attached hydrogens (tertiary/aromatic N) is 4. The van der Waals surface area contributed by atoms with E-state index in [9.17, 15) is 19.2 Å². The number of para-hydroxylation sites is 2. The van der Waals surface area contributed by atoms with Gasteiger partial charge in [0.2, 0.25) is 0 Å². The number of fused-ring (bicyclic) bond motifs is 2. The van der Waals surface area contributed by atoms with Crippen molar-refractivity contribution in [2.24, 2.45) is 0 Å². The first-order valence-corrected chi connectivity index (χ1v) is 11.3. The molecule has 0 radical (unpaired) electrons. The highest BCUT2D eigenvalue weighted by molar-refractivity contribution is 6.03. The maximum Gasteiger partial charge on any atom is 0.359 e. The zero-order chi connectivity index (χ0) is 25.1. The van der Waals surface area contributed by atoms with E-state index in [-0.39, 0.29) is 49.4 Å². The molecule has 3 heterocycles. The molecule has 1 aliphatic heterocycles. The number of H-pyrrole nitrogens is 2. The number of amides is 2. The second-order valence-electron chi connectivity index (χ2n) is 8.15. The minimum absolute atomic E-state index is 0.117. The van der Waals surface area contributed by atoms with Crippen molar-refractivity contribution in [2.75, 3.05) is 39.4 Å². The molecule has 36 heavy (non-hydrogen) atoms. The maximum absolute atomic E-state index is 12.5. The van der Waals surface area contributed by atoms with E-state index in [1.54, 1.807) is 36.4 Å². The first-order chi connectivity index (χ1) is 17.5. The molecule has 0 saturated carbocycles. The van der Waals surface area contributed by atoms with Crippen LogP contribution in [0.4, 0.5) is 0 Å². The predicted molar refractivity (Wildman–Crippen MR) is 126 cm³/mol. The average molecular weight is 490 g/mol. The van der Waals surface area contributed by atoms with Crippen LogP contribution in [0.25, 0.3) is 21.8 Å². The number of piperazine rings is 1. The summed E-state index contributed by atoms with van der Waals surface area (Å²) >= 11 is 0. The van der Waals surface area contributed by atoms with E-state index in [1.807, 2.05) is 12.1 Å². The van der Waals surface area contributed by atoms with Crippen molar-refractivity contribution in [2.45, 2.75) is 0 Å². The number of aromatic amines is 2. The number of nitrogens with one attached hydrogen (secondary N) is 2. The van der Waals surface area contributed by atoms with Gasteiger partial charge in [-0.25, -0.2) is 9.59 Å². The molecule has 184 valence electrons. The number of hydrogen-bond donors (Lipinski definition) is 2. The molecule has 2 amide bonds. The van der Waals surface area contributed by atoms with E-state index in [2.05, 4.69) is 20.4 Å². The number of ether oxygens (including phenoxy) is 2. The van der Waals surface area contributed by atoms with Gasteiger partial charge < -0.3 is 19.3 Å². The summed E-state index contributed by atoms with van der Waals surface area (Å²) in [5, 5.41) is 14.7. The van der Waals surface area contributed by atoms with Gasteiger partial charge in [-0.15, -0.1) is 0 Å². The molecular formula is C24H22N6O6. The summed E-state index contributed by atoms with van der Waals surface area (Å²) < 4.78 is 10.3. The summed E-state index contributed by atoms with van der Waals surface area (Å²) in [5.74, 6) is -2.12. The van der Waals surface area contributed by atoms with Crippen molar-refractivity contribution in [3.8, 4) is 0 Å². The summed E-state index contributed by atoms with van der Waals surface area (Å²) in [6.45, 7) is 0.222. The molecule has 2 N–H and O–H groups in total. The molecule has 0 unspecified atom stereocenters. The van der Waals surface area contributed by atoms with Gasteiger partial charge in [0, 0.05) is 37.0 Å². The Bertz CT molecular complexity index is 1340. The number of carbonyl (C=O) groups excluding carboxylic acids is 4. The molecule has 2 aromatic carbocycles. The highest BCUT2D eigenvalue weighted by Crippen LogP contribution is 2.17. The fraction of sp³-hybridized carbons (Fsp3) is 0.250. The van der Waals surface area contributed by atoms with Crippen LogP contribution in [0.3, 0.4) is 0 Å². The Kier molecular flexibility index (Phi) is 6.31. The number of carbonyl (C=O) groups is 4. The molecule has 12 heteroatoms. The lowest BCUT2D eigenvalue weighted by molar-refractivity contribution is -0.142. The molecule has 2 aromatic heterocycles. The molecule has 0 atom stereocenters. The van der Waals surface area contributed by atoms with Crippen LogP contribution >= 0.6 is 0 Å². The van der Waals surface area contributed by atoms with Gasteiger partial charge in [0.05, 0.1) is 11.0 Å². The Hall–Kier alpha value is -4.74. The zero-order valence-corrected chi connectivity index (χ0v) is 19.1. The third-order valence-corrected chi connectivity index (χ3v) is 5.97. The molecule has 4 aromatic rings. The monoisotopic (exact) mass is 490 g/mol. The summed E-state index contributed by atoms with van der Waals surface area (Å²) in [7, 11) is 0. The van der Waals surface area contributed by atoms with E-state index in [1.165, 1.54) is 9.80 Å². The number of benzene rings is 2. The SMILES string of the molecule is O=C(OCC(=O)N1CCN(C(=O)COC(=O)c2n[nH]c3ccccc23)CC1)c1n[nH]c2ccccc12. The maximum atomic E-state index is 12.5. The van der Waals surface area contributed by atoms with Gasteiger partial charge in [0.15, 0.2) is 24.6 Å². The molecule has 1 fully saturated rings. The summed E-state index contributed by atoms with van der Waals surface area (Å²) in [5.41, 5.74) is 1.62. The Balaban J connectivity index is 1.07. The Morgan fingerprint density at radius 2 is 1.06 bits per heavy atom. The van der Waals surface area contributed by atoms with Crippen molar-refractivity contribution < 1.29 is 28.7 Å². The number of hydrogen-bond acceptors (Lipinski definition) is 8. The van der Waals surface area contributed by atoms with Gasteiger partial charge in [0.25, 0.3) is 11.8 Å². The van der Waals surface area contributed by atoms with Crippen molar-refractivity contribution in [3.63, 3.8) is 0 Å². The molecule has 12 nitrogen and oxygen atoms in total. The second-order valence-corrected chi connectivity index (χ2v) is 8.15. The summed E-state index contributed by atoms with van der Waals surface area (Å²) in [6, 6.07) is 14.2. The lowest BCUT2D eigenvalue weighted by Gasteiger charge is -2.34. The first kappa shape index (κ1) is 23.0. The summed E-state index contributed by atoms with van der Waals surface area (Å²) in [6.07, 6.45) is 0. The van der Waals surface area contributed by atoms with E-state index in [0.717, 1.165) is 0 Å². The Morgan fingerprint density at radius 3 is 1.47 bits per heavy atom. The van der Waals surface area contributed by atoms with E-state index in [0.29, 0.717) is 21.8 Å². The smallest absolute Gasteiger partial charge is 0.359 e. The first-order valence-electron chi connectivity index (χ1n) is 11.3. The van der Waals surface area contributed by atoms with Gasteiger partial charge in [-0.1, -0.05) is 36.4 Å². The van der Waals surface area contributed by atoms with Crippen molar-refractivity contribution >= 4 is 45.6 Å². The van der Waals surface area contributed by atoms with Gasteiger partial charge >= 0.3 is 11.9 Å². The van der Waals surface area contributed by atoms with E-state index in [4.69, 9.17) is 9.47 Å². The van der Waals surface area contributed by atoms with E-state index >= 15 is 0 Å². The fourth-order valence-electron chi connectivity index (χ4n) is 4.02. The van der Waals surface area contributed by atoms with Crippen LogP contribution in [0.2, 0.25) is 0 Å². The van der Waals surface area contributed by atoms with Crippen LogP contribution in [0, 0.1) is 0 Å². The number of rotatable bonds is 6. The largest absolute Gasteiger partial charge is 0.451 e. The van der Waals surface area contributed by atoms with Gasteiger partial charge in [-0.05, 0) is 12.1 Å². The third-order valence-electron chi connectivity index (χ3n) is 5.97. The fourth-order valence-corrected chi connectivity index (χ4v) is 4.02. The van der Waals surface area contributed by atoms with Crippen molar-refractivity contribution in [3.05, 3.63) is 59.9 Å². The van der Waals surface area contributed by atoms with Crippen molar-refractivity contribution in [1.29, 1.82) is 0 Å². The molecular weight excluding hydrogens is 468 g/mol. The molecule has 1 aliphatic rings. The molecule has 0 bridgehead atoms. The Labute approximate surface area is 204 Å². The van der Waals surface area contributed by atoms with Crippen molar-refractivity contribution in [1.82, 2.24) is 30.2 Å². The predicted octanol–water partition coefficient (Wildman–Crippen LogP) is 1.12. The van der Waals surface area contributed by atoms with Crippen LogP contribution in [0.15, 0.2) is 48.5 Å². The van der Waals surface area contributed by atoms with Gasteiger partial charge in [-0.3, -0.25) is 19.8 Å². The third kappa shape index (κ3) is 4.60. The highest BCUT2D eigenvalue weighted by Gasteiger charge is 2.26. The van der Waals surface area contributed by atoms with Crippen LogP contribution in [0.1, 0.15) is 21.0 Å². The van der Waals surface area contributed by atoms with Crippen LogP contribution < -0.4 is 0 Å². The highest BCUT2D eigenvalue weighted by atomic mass is 16.5. The zero-order valence-electron chi connectivity index (χ0n) is 19.1. The second kappa shape index (κ2) is 9.86. The minimum atomic E-state index is -0.693.